The number of thioether (sulfide) groups is 1. The molecule has 0 heterocycles. The molecule has 0 aliphatic heterocycles. The van der Waals surface area contributed by atoms with Crippen LogP contribution in [0.3, 0.4) is 0 Å². The molecule has 180 valence electrons. The molecule has 1 N–H and O–H groups in total. The molecule has 5 atom stereocenters. The lowest BCUT2D eigenvalue weighted by molar-refractivity contribution is -0.121. The van der Waals surface area contributed by atoms with E-state index < -0.39 is 7.37 Å². The van der Waals surface area contributed by atoms with Crippen LogP contribution in [0.1, 0.15) is 38.5 Å². The lowest BCUT2D eigenvalue weighted by atomic mass is 9.88. The van der Waals surface area contributed by atoms with E-state index in [1.807, 2.05) is 18.2 Å². The van der Waals surface area contributed by atoms with Crippen molar-refractivity contribution in [3.05, 3.63) is 42.2 Å². The van der Waals surface area contributed by atoms with Crippen molar-refractivity contribution in [3.8, 4) is 0 Å². The zero-order valence-electron chi connectivity index (χ0n) is 19.2. The van der Waals surface area contributed by atoms with Crippen LogP contribution in [0.4, 0.5) is 4.39 Å². The van der Waals surface area contributed by atoms with Crippen molar-refractivity contribution >= 4 is 24.9 Å². The van der Waals surface area contributed by atoms with Gasteiger partial charge in [-0.1, -0.05) is 43.5 Å². The number of carbonyl (C=O) groups is 1. The van der Waals surface area contributed by atoms with Crippen LogP contribution in [0.2, 0.25) is 0 Å². The summed E-state index contributed by atoms with van der Waals surface area (Å²) in [6, 6.07) is 6.68. The highest BCUT2D eigenvalue weighted by atomic mass is 32.2. The molecule has 3 unspecified atom stereocenters. The molecule has 0 amide bonds. The first-order valence-corrected chi connectivity index (χ1v) is 14.5. The smallest absolute Gasteiger partial charge is 0.197 e. The van der Waals surface area contributed by atoms with Gasteiger partial charge in [0.05, 0.1) is 12.2 Å². The summed E-state index contributed by atoms with van der Waals surface area (Å²) in [5, 5.41) is 0. The van der Waals surface area contributed by atoms with E-state index in [-0.39, 0.29) is 35.6 Å². The zero-order valence-corrected chi connectivity index (χ0v) is 21.0. The Hall–Kier alpha value is -0.980. The third-order valence-corrected chi connectivity index (χ3v) is 8.22. The van der Waals surface area contributed by atoms with E-state index in [0.29, 0.717) is 23.2 Å². The van der Waals surface area contributed by atoms with Gasteiger partial charge in [-0.3, -0.25) is 9.36 Å². The molecule has 1 aliphatic carbocycles. The number of benzene rings is 1. The molecule has 1 saturated carbocycles. The second kappa shape index (κ2) is 13.7. The van der Waals surface area contributed by atoms with Crippen molar-refractivity contribution in [2.45, 2.75) is 55.6 Å². The summed E-state index contributed by atoms with van der Waals surface area (Å²) < 4.78 is 36.4. The highest BCUT2D eigenvalue weighted by molar-refractivity contribution is 7.99. The Balaban J connectivity index is 1.89. The van der Waals surface area contributed by atoms with Gasteiger partial charge in [0.1, 0.15) is 11.6 Å². The third kappa shape index (κ3) is 9.11. The topological polar surface area (TPSA) is 72.8 Å². The summed E-state index contributed by atoms with van der Waals surface area (Å²) in [6.07, 6.45) is 8.72. The Bertz CT molecular complexity index is 796. The molecule has 0 radical (unpaired) electrons. The number of methoxy groups -OCH3 is 2. The SMILES string of the molecule is COC(/C=C/[C@H]1C(OC)CC(=O)[C@@H]1CCCCCCP(C)(=O)O)CSc1ccccc1F. The molecule has 5 nitrogen and oxygen atoms in total. The fourth-order valence-electron chi connectivity index (χ4n) is 4.12. The molecule has 0 saturated heterocycles. The maximum atomic E-state index is 13.9. The molecule has 2 rings (SSSR count). The average molecular weight is 487 g/mol. The van der Waals surface area contributed by atoms with Crippen LogP contribution >= 0.6 is 19.1 Å². The number of Topliss-reactive ketones (excluding diaryl/α,β-unsaturated/α-hetero) is 1. The number of halogens is 1. The second-order valence-electron chi connectivity index (χ2n) is 8.51. The normalized spacial score (nSPS) is 24.2. The number of hydrogen-bond acceptors (Lipinski definition) is 5. The fraction of sp³-hybridized carbons (Fsp3) is 0.625. The lowest BCUT2D eigenvalue weighted by Gasteiger charge is -2.21. The van der Waals surface area contributed by atoms with Crippen LogP contribution in [0.15, 0.2) is 41.3 Å². The average Bonchev–Trinajstić information content (AvgIpc) is 3.05. The molecular weight excluding hydrogens is 450 g/mol. The van der Waals surface area contributed by atoms with Crippen LogP contribution in [0.25, 0.3) is 0 Å². The zero-order chi connectivity index (χ0) is 23.6. The Kier molecular flexibility index (Phi) is 11.6. The molecule has 1 aromatic carbocycles. The predicted octanol–water partition coefficient (Wildman–Crippen LogP) is 5.56. The van der Waals surface area contributed by atoms with E-state index in [9.17, 15) is 18.6 Å². The van der Waals surface area contributed by atoms with Gasteiger partial charge in [-0.15, -0.1) is 11.8 Å². The maximum Gasteiger partial charge on any atom is 0.197 e. The van der Waals surface area contributed by atoms with Gasteiger partial charge in [-0.05, 0) is 25.0 Å². The van der Waals surface area contributed by atoms with Crippen LogP contribution in [-0.4, -0.2) is 55.7 Å². The summed E-state index contributed by atoms with van der Waals surface area (Å²) in [5.41, 5.74) is 0. The van der Waals surface area contributed by atoms with Crippen molar-refractivity contribution in [2.75, 3.05) is 32.8 Å². The van der Waals surface area contributed by atoms with Crippen LogP contribution < -0.4 is 0 Å². The van der Waals surface area contributed by atoms with Gasteiger partial charge in [0.25, 0.3) is 0 Å². The van der Waals surface area contributed by atoms with Gasteiger partial charge < -0.3 is 14.4 Å². The molecule has 8 heteroatoms. The van der Waals surface area contributed by atoms with Crippen LogP contribution in [0.5, 0.6) is 0 Å². The van der Waals surface area contributed by atoms with Crippen LogP contribution in [0, 0.1) is 17.7 Å². The minimum Gasteiger partial charge on any atom is -0.380 e. The summed E-state index contributed by atoms with van der Waals surface area (Å²) in [7, 11) is 0.337. The number of ether oxygens (including phenoxy) is 2. The van der Waals surface area contributed by atoms with E-state index in [1.54, 1.807) is 26.4 Å². The Morgan fingerprint density at radius 1 is 1.25 bits per heavy atom. The minimum atomic E-state index is -2.93. The second-order valence-corrected chi connectivity index (χ2v) is 12.1. The molecule has 1 fully saturated rings. The van der Waals surface area contributed by atoms with Crippen molar-refractivity contribution < 1.29 is 28.1 Å². The van der Waals surface area contributed by atoms with E-state index in [2.05, 4.69) is 0 Å². The lowest BCUT2D eigenvalue weighted by Crippen LogP contribution is -2.21. The largest absolute Gasteiger partial charge is 0.380 e. The summed E-state index contributed by atoms with van der Waals surface area (Å²) in [5.74, 6) is 0.482. The first kappa shape index (κ1) is 27.3. The number of ketones is 1. The monoisotopic (exact) mass is 486 g/mol. The Labute approximate surface area is 195 Å². The van der Waals surface area contributed by atoms with Gasteiger partial charge in [0.2, 0.25) is 0 Å². The Morgan fingerprint density at radius 2 is 1.97 bits per heavy atom. The van der Waals surface area contributed by atoms with E-state index in [1.165, 1.54) is 24.5 Å². The molecule has 0 spiro atoms. The fourth-order valence-corrected chi connectivity index (χ4v) is 5.90. The van der Waals surface area contributed by atoms with Crippen molar-refractivity contribution in [1.82, 2.24) is 0 Å². The number of unbranched alkanes of at least 4 members (excludes halogenated alkanes) is 3. The van der Waals surface area contributed by atoms with Gasteiger partial charge in [0, 0.05) is 56.0 Å². The first-order valence-electron chi connectivity index (χ1n) is 11.2. The Morgan fingerprint density at radius 3 is 2.62 bits per heavy atom. The molecular formula is C24H36FO5PS. The summed E-state index contributed by atoms with van der Waals surface area (Å²) in [6.45, 7) is 1.40. The van der Waals surface area contributed by atoms with E-state index in [0.717, 1.165) is 32.1 Å². The third-order valence-electron chi connectivity index (χ3n) is 5.94. The van der Waals surface area contributed by atoms with Gasteiger partial charge in [0.15, 0.2) is 7.37 Å². The van der Waals surface area contributed by atoms with Crippen molar-refractivity contribution in [2.24, 2.45) is 11.8 Å². The van der Waals surface area contributed by atoms with E-state index in [4.69, 9.17) is 9.47 Å². The van der Waals surface area contributed by atoms with Crippen molar-refractivity contribution in [3.63, 3.8) is 0 Å². The standard InChI is InChI=1S/C24H36FO5PS/c1-29-18(17-32-24-12-8-7-11-21(24)25)13-14-20-19(22(26)16-23(20)30-2)10-6-4-5-9-15-31(3,27)28/h7-8,11-14,18-20,23H,4-6,9-10,15-17H2,1-3H3,(H,27,28)/b14-13+/t18?,19-,20-,23?/m1/s1. The molecule has 0 aromatic heterocycles. The predicted molar refractivity (Wildman–Crippen MR) is 128 cm³/mol. The van der Waals surface area contributed by atoms with Crippen LogP contribution in [-0.2, 0) is 18.8 Å². The summed E-state index contributed by atoms with van der Waals surface area (Å²) >= 11 is 1.41. The van der Waals surface area contributed by atoms with Gasteiger partial charge in [-0.2, -0.15) is 0 Å². The van der Waals surface area contributed by atoms with Crippen molar-refractivity contribution in [1.29, 1.82) is 0 Å². The quantitative estimate of drug-likeness (QED) is 0.161. The molecule has 32 heavy (non-hydrogen) atoms. The minimum absolute atomic E-state index is 0.00286. The number of rotatable bonds is 14. The number of carbonyl (C=O) groups excluding carboxylic acids is 1. The van der Waals surface area contributed by atoms with E-state index >= 15 is 0 Å². The highest BCUT2D eigenvalue weighted by Crippen LogP contribution is 2.38. The summed E-state index contributed by atoms with van der Waals surface area (Å²) in [4.78, 5) is 22.6. The van der Waals surface area contributed by atoms with Gasteiger partial charge in [-0.25, -0.2) is 4.39 Å². The molecule has 0 bridgehead atoms. The number of hydrogen-bond donors (Lipinski definition) is 1. The maximum absolute atomic E-state index is 13.9. The first-order chi connectivity index (χ1) is 15.2. The molecule has 1 aromatic rings. The molecule has 1 aliphatic rings. The highest BCUT2D eigenvalue weighted by Gasteiger charge is 2.40. The van der Waals surface area contributed by atoms with Gasteiger partial charge >= 0.3 is 0 Å².